The average molecular weight is 331 g/mol. The highest BCUT2D eigenvalue weighted by atomic mass is 32.1. The molecule has 1 aliphatic heterocycles. The van der Waals surface area contributed by atoms with Crippen molar-refractivity contribution in [1.29, 1.82) is 0 Å². The predicted molar refractivity (Wildman–Crippen MR) is 84.7 cm³/mol. The first kappa shape index (κ1) is 14.0. The fraction of sp³-hybridized carbons (Fsp3) is 0.267. The van der Waals surface area contributed by atoms with Crippen molar-refractivity contribution in [2.75, 3.05) is 0 Å². The Morgan fingerprint density at radius 1 is 1.48 bits per heavy atom. The summed E-state index contributed by atoms with van der Waals surface area (Å²) in [6, 6.07) is 5.55. The standard InChI is InChI=1S/C15H13N3O4S/c1-15(2)8-9-4-3-5-10(11(9)22-15)21-12-13(18(19)20)17-6-7-23-14(17)16-12/h3-7H,8H2,1-2H3. The Bertz CT molecular complexity index is 928. The minimum atomic E-state index is -0.490. The van der Waals surface area contributed by atoms with Crippen molar-refractivity contribution in [3.63, 3.8) is 0 Å². The van der Waals surface area contributed by atoms with E-state index < -0.39 is 4.92 Å². The van der Waals surface area contributed by atoms with E-state index >= 15 is 0 Å². The van der Waals surface area contributed by atoms with Crippen LogP contribution in [0, 0.1) is 10.1 Å². The van der Waals surface area contributed by atoms with E-state index in [9.17, 15) is 10.1 Å². The van der Waals surface area contributed by atoms with Crippen LogP contribution in [-0.2, 0) is 6.42 Å². The Morgan fingerprint density at radius 3 is 3.09 bits per heavy atom. The van der Waals surface area contributed by atoms with E-state index in [0.29, 0.717) is 16.5 Å². The van der Waals surface area contributed by atoms with Gasteiger partial charge in [0.15, 0.2) is 11.5 Å². The fourth-order valence-electron chi connectivity index (χ4n) is 2.76. The lowest BCUT2D eigenvalue weighted by atomic mass is 10.0. The summed E-state index contributed by atoms with van der Waals surface area (Å²) in [6.45, 7) is 3.98. The van der Waals surface area contributed by atoms with Gasteiger partial charge in [0.05, 0.1) is 0 Å². The molecule has 0 fully saturated rings. The zero-order valence-electron chi connectivity index (χ0n) is 12.5. The summed E-state index contributed by atoms with van der Waals surface area (Å²) in [7, 11) is 0. The zero-order valence-corrected chi connectivity index (χ0v) is 13.3. The van der Waals surface area contributed by atoms with Crippen molar-refractivity contribution in [3.05, 3.63) is 45.5 Å². The molecule has 4 rings (SSSR count). The van der Waals surface area contributed by atoms with Gasteiger partial charge in [-0.25, -0.2) is 0 Å². The zero-order chi connectivity index (χ0) is 16.2. The second-order valence-corrected chi connectivity index (χ2v) is 6.81. The highest BCUT2D eigenvalue weighted by Gasteiger charge is 2.34. The Hall–Kier alpha value is -2.61. The van der Waals surface area contributed by atoms with E-state index in [1.165, 1.54) is 15.7 Å². The molecule has 0 spiro atoms. The Kier molecular flexibility index (Phi) is 2.86. The van der Waals surface area contributed by atoms with Gasteiger partial charge in [-0.05, 0) is 24.8 Å². The van der Waals surface area contributed by atoms with Crippen LogP contribution in [0.4, 0.5) is 5.82 Å². The Balaban J connectivity index is 1.79. The van der Waals surface area contributed by atoms with Gasteiger partial charge in [-0.1, -0.05) is 23.5 Å². The highest BCUT2D eigenvalue weighted by molar-refractivity contribution is 7.15. The summed E-state index contributed by atoms with van der Waals surface area (Å²) in [6.07, 6.45) is 2.37. The van der Waals surface area contributed by atoms with E-state index in [1.54, 1.807) is 17.6 Å². The number of para-hydroxylation sites is 1. The third kappa shape index (κ3) is 2.22. The maximum atomic E-state index is 11.4. The first-order valence-electron chi connectivity index (χ1n) is 7.03. The first-order valence-corrected chi connectivity index (χ1v) is 7.91. The molecule has 3 aromatic rings. The largest absolute Gasteiger partial charge is 0.483 e. The molecule has 23 heavy (non-hydrogen) atoms. The lowest BCUT2D eigenvalue weighted by molar-refractivity contribution is -0.391. The molecule has 0 unspecified atom stereocenters. The van der Waals surface area contributed by atoms with Gasteiger partial charge in [0.25, 0.3) is 4.96 Å². The maximum Gasteiger partial charge on any atom is 0.393 e. The van der Waals surface area contributed by atoms with Gasteiger partial charge in [-0.3, -0.25) is 0 Å². The molecule has 0 N–H and O–H groups in total. The van der Waals surface area contributed by atoms with Crippen LogP contribution in [0.1, 0.15) is 19.4 Å². The number of fused-ring (bicyclic) bond motifs is 2. The molecular weight excluding hydrogens is 318 g/mol. The number of aromatic nitrogens is 2. The second-order valence-electron chi connectivity index (χ2n) is 5.94. The van der Waals surface area contributed by atoms with Gasteiger partial charge in [0.2, 0.25) is 0 Å². The van der Waals surface area contributed by atoms with Gasteiger partial charge in [0, 0.05) is 17.4 Å². The van der Waals surface area contributed by atoms with Crippen LogP contribution in [0.5, 0.6) is 17.4 Å². The lowest BCUT2D eigenvalue weighted by Crippen LogP contribution is -2.24. The van der Waals surface area contributed by atoms with Crippen LogP contribution in [0.3, 0.4) is 0 Å². The van der Waals surface area contributed by atoms with Gasteiger partial charge in [-0.2, -0.15) is 9.38 Å². The van der Waals surface area contributed by atoms with E-state index in [2.05, 4.69) is 4.98 Å². The molecule has 0 atom stereocenters. The number of hydrogen-bond acceptors (Lipinski definition) is 6. The molecule has 0 amide bonds. The molecule has 0 saturated heterocycles. The van der Waals surface area contributed by atoms with Gasteiger partial charge >= 0.3 is 11.7 Å². The first-order chi connectivity index (χ1) is 10.9. The number of ether oxygens (including phenoxy) is 2. The molecule has 0 radical (unpaired) electrons. The van der Waals surface area contributed by atoms with Crippen LogP contribution in [0.2, 0.25) is 0 Å². The monoisotopic (exact) mass is 331 g/mol. The molecular formula is C15H13N3O4S. The molecule has 1 aromatic carbocycles. The van der Waals surface area contributed by atoms with Crippen molar-refractivity contribution < 1.29 is 14.4 Å². The summed E-state index contributed by atoms with van der Waals surface area (Å²) in [5.74, 6) is 0.866. The average Bonchev–Trinajstić information content (AvgIpc) is 3.09. The summed E-state index contributed by atoms with van der Waals surface area (Å²) in [5.41, 5.74) is 0.707. The molecule has 0 saturated carbocycles. The molecule has 0 bridgehead atoms. The minimum Gasteiger partial charge on any atom is -0.483 e. The number of imidazole rings is 1. The fourth-order valence-corrected chi connectivity index (χ4v) is 3.46. The minimum absolute atomic E-state index is 0.0245. The number of hydrogen-bond donors (Lipinski definition) is 0. The topological polar surface area (TPSA) is 78.9 Å². The smallest absolute Gasteiger partial charge is 0.393 e. The molecule has 118 valence electrons. The normalized spacial score (nSPS) is 15.4. The quantitative estimate of drug-likeness (QED) is 0.538. The Morgan fingerprint density at radius 2 is 2.30 bits per heavy atom. The molecule has 2 aromatic heterocycles. The summed E-state index contributed by atoms with van der Waals surface area (Å²) >= 11 is 1.31. The molecule has 8 heteroatoms. The third-order valence-electron chi connectivity index (χ3n) is 3.64. The van der Waals surface area contributed by atoms with Crippen molar-refractivity contribution in [1.82, 2.24) is 9.38 Å². The van der Waals surface area contributed by atoms with E-state index in [4.69, 9.17) is 9.47 Å². The van der Waals surface area contributed by atoms with Crippen molar-refractivity contribution in [2.24, 2.45) is 0 Å². The molecule has 1 aliphatic rings. The SMILES string of the molecule is CC1(C)Cc2cccc(Oc3nc4sccn4c3[N+](=O)[O-])c2O1. The van der Waals surface area contributed by atoms with Crippen LogP contribution in [-0.4, -0.2) is 19.9 Å². The summed E-state index contributed by atoms with van der Waals surface area (Å²) in [5, 5.41) is 13.1. The summed E-state index contributed by atoms with van der Waals surface area (Å²) < 4.78 is 13.1. The third-order valence-corrected chi connectivity index (χ3v) is 4.40. The number of nitrogens with zero attached hydrogens (tertiary/aromatic N) is 3. The molecule has 7 nitrogen and oxygen atoms in total. The van der Waals surface area contributed by atoms with E-state index in [0.717, 1.165) is 12.0 Å². The predicted octanol–water partition coefficient (Wildman–Crippen LogP) is 3.81. The maximum absolute atomic E-state index is 11.4. The van der Waals surface area contributed by atoms with E-state index in [1.807, 2.05) is 26.0 Å². The van der Waals surface area contributed by atoms with Gasteiger partial charge < -0.3 is 19.6 Å². The number of nitro groups is 1. The van der Waals surface area contributed by atoms with Crippen molar-refractivity contribution in [2.45, 2.75) is 25.9 Å². The Labute approximate surface area is 135 Å². The highest BCUT2D eigenvalue weighted by Crippen LogP contribution is 2.44. The number of benzene rings is 1. The van der Waals surface area contributed by atoms with Crippen LogP contribution < -0.4 is 9.47 Å². The number of thiazole rings is 1. The van der Waals surface area contributed by atoms with Crippen LogP contribution in [0.15, 0.2) is 29.8 Å². The van der Waals surface area contributed by atoms with Crippen LogP contribution in [0.25, 0.3) is 4.96 Å². The van der Waals surface area contributed by atoms with Gasteiger partial charge in [0.1, 0.15) is 11.8 Å². The van der Waals surface area contributed by atoms with E-state index in [-0.39, 0.29) is 17.3 Å². The summed E-state index contributed by atoms with van der Waals surface area (Å²) in [4.78, 5) is 15.6. The van der Waals surface area contributed by atoms with Gasteiger partial charge in [-0.15, -0.1) is 0 Å². The van der Waals surface area contributed by atoms with Crippen LogP contribution >= 0.6 is 11.3 Å². The molecule has 0 aliphatic carbocycles. The number of rotatable bonds is 3. The molecule has 3 heterocycles. The lowest BCUT2D eigenvalue weighted by Gasteiger charge is -2.17. The van der Waals surface area contributed by atoms with Crippen molar-refractivity contribution in [3.8, 4) is 17.4 Å². The van der Waals surface area contributed by atoms with Crippen molar-refractivity contribution >= 4 is 22.1 Å². The second kappa shape index (κ2) is 4.69.